The topological polar surface area (TPSA) is 17.1 Å². The summed E-state index contributed by atoms with van der Waals surface area (Å²) in [6.07, 6.45) is 4.71. The molecule has 1 nitrogen and oxygen atoms in total. The Kier molecular flexibility index (Phi) is 3.18. The third-order valence-electron chi connectivity index (χ3n) is 2.96. The van der Waals surface area contributed by atoms with Crippen LogP contribution in [-0.4, -0.2) is 6.29 Å². The summed E-state index contributed by atoms with van der Waals surface area (Å²) in [5.41, 5.74) is 1.68. The monoisotopic (exact) mass is 234 g/mol. The fraction of sp³-hybridized carbons (Fsp3) is 0.214. The van der Waals surface area contributed by atoms with Gasteiger partial charge in [0, 0.05) is 5.56 Å². The molecule has 1 aromatic rings. The summed E-state index contributed by atoms with van der Waals surface area (Å²) in [4.78, 5) is 10.6. The third kappa shape index (κ3) is 2.18. The summed E-state index contributed by atoms with van der Waals surface area (Å²) in [5, 5.41) is 0. The fourth-order valence-corrected chi connectivity index (χ4v) is 2.06. The maximum Gasteiger partial charge on any atom is 0.166 e. The van der Waals surface area contributed by atoms with E-state index in [1.165, 1.54) is 6.07 Å². The lowest BCUT2D eigenvalue weighted by Gasteiger charge is -2.20. The summed E-state index contributed by atoms with van der Waals surface area (Å²) in [5.74, 6) is -1.66. The second-order valence-corrected chi connectivity index (χ2v) is 4.19. The smallest absolute Gasteiger partial charge is 0.166 e. The van der Waals surface area contributed by atoms with E-state index < -0.39 is 11.6 Å². The zero-order chi connectivity index (χ0) is 12.4. The van der Waals surface area contributed by atoms with Crippen molar-refractivity contribution in [1.29, 1.82) is 0 Å². The van der Waals surface area contributed by atoms with E-state index in [0.29, 0.717) is 12.0 Å². The summed E-state index contributed by atoms with van der Waals surface area (Å²) in [6, 6.07) is 4.14. The molecule has 0 amide bonds. The van der Waals surface area contributed by atoms with Crippen molar-refractivity contribution in [2.75, 3.05) is 0 Å². The lowest BCUT2D eigenvalue weighted by Crippen LogP contribution is -2.07. The molecule has 2 rings (SSSR count). The Bertz CT molecular complexity index is 515. The highest BCUT2D eigenvalue weighted by molar-refractivity contribution is 5.80. The normalized spacial score (nSPS) is 19.6. The highest BCUT2D eigenvalue weighted by Gasteiger charge is 2.20. The van der Waals surface area contributed by atoms with Crippen molar-refractivity contribution >= 4 is 11.9 Å². The minimum Gasteiger partial charge on any atom is -0.298 e. The van der Waals surface area contributed by atoms with E-state index in [1.807, 2.05) is 6.92 Å². The quantitative estimate of drug-likeness (QED) is 0.715. The summed E-state index contributed by atoms with van der Waals surface area (Å²) >= 11 is 0. The summed E-state index contributed by atoms with van der Waals surface area (Å²) in [6.45, 7) is 1.90. The van der Waals surface area contributed by atoms with Crippen LogP contribution in [0.1, 0.15) is 18.9 Å². The molecule has 1 aliphatic rings. The molecular weight excluding hydrogens is 222 g/mol. The highest BCUT2D eigenvalue weighted by atomic mass is 19.2. The van der Waals surface area contributed by atoms with Gasteiger partial charge in [-0.25, -0.2) is 8.78 Å². The van der Waals surface area contributed by atoms with Gasteiger partial charge >= 0.3 is 0 Å². The Morgan fingerprint density at radius 3 is 2.71 bits per heavy atom. The number of hydrogen-bond donors (Lipinski definition) is 0. The van der Waals surface area contributed by atoms with Crippen molar-refractivity contribution in [3.8, 4) is 0 Å². The first kappa shape index (κ1) is 11.7. The number of carbonyl (C=O) groups is 1. The van der Waals surface area contributed by atoms with Crippen LogP contribution in [0.3, 0.4) is 0 Å². The van der Waals surface area contributed by atoms with E-state index in [1.54, 1.807) is 18.2 Å². The van der Waals surface area contributed by atoms with Crippen molar-refractivity contribution in [1.82, 2.24) is 0 Å². The molecule has 3 heteroatoms. The average Bonchev–Trinajstić information content (AvgIpc) is 2.33. The molecule has 0 aromatic heterocycles. The molecule has 1 unspecified atom stereocenters. The van der Waals surface area contributed by atoms with Gasteiger partial charge in [-0.15, -0.1) is 0 Å². The average molecular weight is 234 g/mol. The molecule has 1 aliphatic carbocycles. The van der Waals surface area contributed by atoms with Crippen LogP contribution in [0, 0.1) is 17.6 Å². The molecule has 88 valence electrons. The van der Waals surface area contributed by atoms with Gasteiger partial charge in [0.2, 0.25) is 0 Å². The Labute approximate surface area is 98.5 Å². The van der Waals surface area contributed by atoms with E-state index in [0.717, 1.165) is 17.9 Å². The van der Waals surface area contributed by atoms with E-state index >= 15 is 0 Å². The van der Waals surface area contributed by atoms with E-state index in [-0.39, 0.29) is 11.5 Å². The van der Waals surface area contributed by atoms with Crippen LogP contribution < -0.4 is 0 Å². The second-order valence-electron chi connectivity index (χ2n) is 4.19. The SMILES string of the molecule is CC1CC(C=O)=CC=C1c1cccc(F)c1F. The van der Waals surface area contributed by atoms with Crippen LogP contribution in [0.4, 0.5) is 8.78 Å². The van der Waals surface area contributed by atoms with Gasteiger partial charge in [-0.2, -0.15) is 0 Å². The zero-order valence-corrected chi connectivity index (χ0v) is 9.41. The molecule has 0 saturated carbocycles. The van der Waals surface area contributed by atoms with Crippen LogP contribution in [0.2, 0.25) is 0 Å². The van der Waals surface area contributed by atoms with E-state index in [4.69, 9.17) is 0 Å². The minimum absolute atomic E-state index is 0.0106. The molecular formula is C14H12F2O. The Hall–Kier alpha value is -1.77. The van der Waals surface area contributed by atoms with Crippen LogP contribution in [0.15, 0.2) is 35.9 Å². The van der Waals surface area contributed by atoms with Gasteiger partial charge in [0.1, 0.15) is 6.29 Å². The number of halogens is 2. The van der Waals surface area contributed by atoms with Crippen molar-refractivity contribution < 1.29 is 13.6 Å². The predicted molar refractivity (Wildman–Crippen MR) is 62.3 cm³/mol. The number of allylic oxidation sites excluding steroid dienone is 4. The van der Waals surface area contributed by atoms with Gasteiger partial charge in [-0.05, 0) is 29.6 Å². The molecule has 0 N–H and O–H groups in total. The first-order valence-corrected chi connectivity index (χ1v) is 5.43. The van der Waals surface area contributed by atoms with E-state index in [9.17, 15) is 13.6 Å². The minimum atomic E-state index is -0.847. The Morgan fingerprint density at radius 1 is 1.29 bits per heavy atom. The summed E-state index contributed by atoms with van der Waals surface area (Å²) < 4.78 is 26.8. The molecule has 0 fully saturated rings. The van der Waals surface area contributed by atoms with Gasteiger partial charge in [-0.3, -0.25) is 4.79 Å². The molecule has 0 bridgehead atoms. The van der Waals surface area contributed by atoms with Crippen LogP contribution in [-0.2, 0) is 4.79 Å². The fourth-order valence-electron chi connectivity index (χ4n) is 2.06. The lowest BCUT2D eigenvalue weighted by atomic mass is 9.85. The molecule has 1 aromatic carbocycles. The molecule has 1 atom stereocenters. The van der Waals surface area contributed by atoms with Crippen molar-refractivity contribution in [3.63, 3.8) is 0 Å². The van der Waals surface area contributed by atoms with Gasteiger partial charge in [-0.1, -0.05) is 31.2 Å². The van der Waals surface area contributed by atoms with Crippen molar-refractivity contribution in [3.05, 3.63) is 53.1 Å². The summed E-state index contributed by atoms with van der Waals surface area (Å²) in [7, 11) is 0. The molecule has 0 radical (unpaired) electrons. The molecule has 0 aliphatic heterocycles. The van der Waals surface area contributed by atoms with Gasteiger partial charge in [0.05, 0.1) is 0 Å². The molecule has 0 heterocycles. The van der Waals surface area contributed by atoms with Gasteiger partial charge in [0.25, 0.3) is 0 Å². The zero-order valence-electron chi connectivity index (χ0n) is 9.41. The van der Waals surface area contributed by atoms with Crippen LogP contribution in [0.5, 0.6) is 0 Å². The number of benzene rings is 1. The predicted octanol–water partition coefficient (Wildman–Crippen LogP) is 3.51. The largest absolute Gasteiger partial charge is 0.298 e. The highest BCUT2D eigenvalue weighted by Crippen LogP contribution is 2.33. The van der Waals surface area contributed by atoms with Gasteiger partial charge in [0.15, 0.2) is 11.6 Å². The number of aldehydes is 1. The maximum atomic E-state index is 13.6. The Morgan fingerprint density at radius 2 is 2.06 bits per heavy atom. The molecule has 0 saturated heterocycles. The van der Waals surface area contributed by atoms with Crippen molar-refractivity contribution in [2.24, 2.45) is 5.92 Å². The third-order valence-corrected chi connectivity index (χ3v) is 2.96. The van der Waals surface area contributed by atoms with Crippen LogP contribution in [0.25, 0.3) is 5.57 Å². The Balaban J connectivity index is 2.47. The lowest BCUT2D eigenvalue weighted by molar-refractivity contribution is -0.105. The van der Waals surface area contributed by atoms with Crippen LogP contribution >= 0.6 is 0 Å². The molecule has 17 heavy (non-hydrogen) atoms. The number of carbonyl (C=O) groups excluding carboxylic acids is 1. The maximum absolute atomic E-state index is 13.6. The van der Waals surface area contributed by atoms with Crippen molar-refractivity contribution in [2.45, 2.75) is 13.3 Å². The first-order valence-electron chi connectivity index (χ1n) is 5.43. The first-order chi connectivity index (χ1) is 8.13. The number of rotatable bonds is 2. The van der Waals surface area contributed by atoms with E-state index in [2.05, 4.69) is 0 Å². The standard InChI is InChI=1S/C14H12F2O/c1-9-7-10(8-17)5-6-11(9)12-3-2-4-13(15)14(12)16/h2-6,8-9H,7H2,1H3. The van der Waals surface area contributed by atoms with Gasteiger partial charge < -0.3 is 0 Å². The second kappa shape index (κ2) is 4.62. The number of hydrogen-bond acceptors (Lipinski definition) is 1. The molecule has 0 spiro atoms.